The maximum atomic E-state index is 11.5. The van der Waals surface area contributed by atoms with Crippen LogP contribution in [-0.2, 0) is 16.5 Å². The van der Waals surface area contributed by atoms with E-state index in [1.807, 2.05) is 19.1 Å². The topological polar surface area (TPSA) is 72.8 Å². The first-order valence-corrected chi connectivity index (χ1v) is 8.57. The minimum Gasteiger partial charge on any atom is -0.458 e. The van der Waals surface area contributed by atoms with E-state index in [4.69, 9.17) is 9.47 Å². The Morgan fingerprint density at radius 1 is 1.04 bits per heavy atom. The summed E-state index contributed by atoms with van der Waals surface area (Å²) in [6.45, 7) is 1.87. The number of ether oxygens (including phenoxy) is 2. The number of rotatable bonds is 4. The zero-order valence-corrected chi connectivity index (χ0v) is 13.3. The second-order valence-electron chi connectivity index (χ2n) is 5.34. The highest BCUT2D eigenvalue weighted by molar-refractivity contribution is 7.85. The van der Waals surface area contributed by atoms with E-state index in [-0.39, 0.29) is 4.90 Å². The molecular weight excluding hydrogens is 316 g/mol. The fraction of sp³-hybridized carbons (Fsp3) is 0.176. The van der Waals surface area contributed by atoms with Crippen molar-refractivity contribution in [2.24, 2.45) is 0 Å². The summed E-state index contributed by atoms with van der Waals surface area (Å²) < 4.78 is 43.5. The summed E-state index contributed by atoms with van der Waals surface area (Å²) in [7, 11) is -4.24. The number of fused-ring (bicyclic) bond motifs is 1. The molecule has 2 aromatic rings. The van der Waals surface area contributed by atoms with Gasteiger partial charge in [-0.2, -0.15) is 8.42 Å². The second kappa shape index (κ2) is 6.06. The summed E-state index contributed by atoms with van der Waals surface area (Å²) in [5.74, 6) is 1.88. The van der Waals surface area contributed by atoms with E-state index in [0.717, 1.165) is 5.56 Å². The van der Waals surface area contributed by atoms with Crippen LogP contribution in [0.25, 0.3) is 0 Å². The Bertz CT molecular complexity index is 868. The van der Waals surface area contributed by atoms with E-state index >= 15 is 0 Å². The monoisotopic (exact) mass is 332 g/mol. The van der Waals surface area contributed by atoms with Crippen LogP contribution in [0.4, 0.5) is 0 Å². The zero-order chi connectivity index (χ0) is 16.4. The van der Waals surface area contributed by atoms with Gasteiger partial charge in [-0.3, -0.25) is 4.55 Å². The minimum atomic E-state index is -4.24. The standard InChI is InChI=1S/C17H16O5S/c1-12-6-9-17(23(18,19)20)13(10-12)7-8-14-11-21-15-4-2-3-5-16(15)22-14/h2-6,9-11H,7-8H2,1H3,(H,18,19,20). The first-order valence-electron chi connectivity index (χ1n) is 7.13. The molecule has 0 saturated carbocycles. The van der Waals surface area contributed by atoms with Gasteiger partial charge in [0.15, 0.2) is 11.5 Å². The van der Waals surface area contributed by atoms with Crippen LogP contribution in [0.15, 0.2) is 59.4 Å². The molecule has 2 aromatic carbocycles. The summed E-state index contributed by atoms with van der Waals surface area (Å²) in [5.41, 5.74) is 1.48. The Balaban J connectivity index is 1.77. The zero-order valence-electron chi connectivity index (χ0n) is 12.5. The minimum absolute atomic E-state index is 0.0687. The predicted octanol–water partition coefficient (Wildman–Crippen LogP) is 3.49. The van der Waals surface area contributed by atoms with Crippen molar-refractivity contribution in [2.75, 3.05) is 0 Å². The van der Waals surface area contributed by atoms with Crippen LogP contribution in [0.1, 0.15) is 17.5 Å². The van der Waals surface area contributed by atoms with Gasteiger partial charge in [-0.1, -0.05) is 29.8 Å². The number of benzene rings is 2. The molecule has 1 aliphatic heterocycles. The van der Waals surface area contributed by atoms with Gasteiger partial charge in [-0.05, 0) is 37.1 Å². The molecule has 6 heteroatoms. The number of allylic oxidation sites excluding steroid dienone is 1. The van der Waals surface area contributed by atoms with Crippen LogP contribution >= 0.6 is 0 Å². The molecule has 0 fully saturated rings. The Morgan fingerprint density at radius 3 is 2.52 bits per heavy atom. The molecule has 23 heavy (non-hydrogen) atoms. The molecule has 3 rings (SSSR count). The fourth-order valence-electron chi connectivity index (χ4n) is 2.45. The molecule has 0 spiro atoms. The van der Waals surface area contributed by atoms with E-state index in [0.29, 0.717) is 35.7 Å². The van der Waals surface area contributed by atoms with Crippen molar-refractivity contribution in [2.45, 2.75) is 24.7 Å². The summed E-state index contributed by atoms with van der Waals surface area (Å²) in [6.07, 6.45) is 2.39. The maximum absolute atomic E-state index is 11.5. The molecule has 0 bridgehead atoms. The van der Waals surface area contributed by atoms with E-state index in [1.165, 1.54) is 12.3 Å². The van der Waals surface area contributed by atoms with Crippen LogP contribution in [0.2, 0.25) is 0 Å². The largest absolute Gasteiger partial charge is 0.458 e. The third-order valence-electron chi connectivity index (χ3n) is 3.54. The number of hydrogen-bond donors (Lipinski definition) is 1. The van der Waals surface area contributed by atoms with Gasteiger partial charge in [0.2, 0.25) is 0 Å². The molecule has 0 saturated heterocycles. The normalized spacial score (nSPS) is 13.6. The van der Waals surface area contributed by atoms with Crippen molar-refractivity contribution in [1.29, 1.82) is 0 Å². The van der Waals surface area contributed by atoms with Crippen molar-refractivity contribution in [3.63, 3.8) is 0 Å². The van der Waals surface area contributed by atoms with Gasteiger partial charge in [0.05, 0.1) is 4.90 Å². The Kier molecular flexibility index (Phi) is 4.11. The molecule has 0 aromatic heterocycles. The SMILES string of the molecule is Cc1ccc(S(=O)(=O)O)c(CCC2=COc3ccccc3O2)c1. The number of para-hydroxylation sites is 2. The van der Waals surface area contributed by atoms with Gasteiger partial charge in [-0.25, -0.2) is 0 Å². The van der Waals surface area contributed by atoms with Crippen LogP contribution in [-0.4, -0.2) is 13.0 Å². The first-order chi connectivity index (χ1) is 10.9. The quantitative estimate of drug-likeness (QED) is 0.868. The van der Waals surface area contributed by atoms with Crippen LogP contribution in [0, 0.1) is 6.92 Å². The summed E-state index contributed by atoms with van der Waals surface area (Å²) in [5, 5.41) is 0. The lowest BCUT2D eigenvalue weighted by atomic mass is 10.1. The van der Waals surface area contributed by atoms with Crippen molar-refractivity contribution < 1.29 is 22.4 Å². The van der Waals surface area contributed by atoms with E-state index in [1.54, 1.807) is 24.3 Å². The molecule has 1 heterocycles. The van der Waals surface area contributed by atoms with Crippen molar-refractivity contribution in [3.05, 3.63) is 65.6 Å². The van der Waals surface area contributed by atoms with E-state index < -0.39 is 10.1 Å². The highest BCUT2D eigenvalue weighted by Crippen LogP contribution is 2.33. The van der Waals surface area contributed by atoms with Crippen LogP contribution in [0.3, 0.4) is 0 Å². The number of aryl methyl sites for hydroxylation is 2. The van der Waals surface area contributed by atoms with Gasteiger partial charge in [0.25, 0.3) is 10.1 Å². The summed E-state index contributed by atoms with van der Waals surface area (Å²) in [6, 6.07) is 12.1. The van der Waals surface area contributed by atoms with Crippen LogP contribution in [0.5, 0.6) is 11.5 Å². The van der Waals surface area contributed by atoms with Crippen molar-refractivity contribution in [3.8, 4) is 11.5 Å². The molecule has 0 atom stereocenters. The van der Waals surface area contributed by atoms with Crippen molar-refractivity contribution in [1.82, 2.24) is 0 Å². The van der Waals surface area contributed by atoms with Gasteiger partial charge in [0, 0.05) is 6.42 Å². The molecule has 120 valence electrons. The molecule has 1 N–H and O–H groups in total. The molecule has 0 aliphatic carbocycles. The van der Waals surface area contributed by atoms with Gasteiger partial charge in [0.1, 0.15) is 12.0 Å². The van der Waals surface area contributed by atoms with Crippen molar-refractivity contribution >= 4 is 10.1 Å². The highest BCUT2D eigenvalue weighted by Gasteiger charge is 2.18. The molecular formula is C17H16O5S. The Hall–Kier alpha value is -2.31. The maximum Gasteiger partial charge on any atom is 0.294 e. The summed E-state index contributed by atoms with van der Waals surface area (Å²) >= 11 is 0. The molecule has 5 nitrogen and oxygen atoms in total. The van der Waals surface area contributed by atoms with E-state index in [2.05, 4.69) is 0 Å². The molecule has 0 amide bonds. The van der Waals surface area contributed by atoms with Crippen LogP contribution < -0.4 is 9.47 Å². The average molecular weight is 332 g/mol. The lowest BCUT2D eigenvalue weighted by Gasteiger charge is -2.18. The Morgan fingerprint density at radius 2 is 1.78 bits per heavy atom. The van der Waals surface area contributed by atoms with Gasteiger partial charge >= 0.3 is 0 Å². The predicted molar refractivity (Wildman–Crippen MR) is 85.1 cm³/mol. The molecule has 0 unspecified atom stereocenters. The fourth-order valence-corrected chi connectivity index (χ4v) is 3.18. The molecule has 0 radical (unpaired) electrons. The highest BCUT2D eigenvalue weighted by atomic mass is 32.2. The van der Waals surface area contributed by atoms with Gasteiger partial charge in [-0.15, -0.1) is 0 Å². The van der Waals surface area contributed by atoms with Gasteiger partial charge < -0.3 is 9.47 Å². The lowest BCUT2D eigenvalue weighted by Crippen LogP contribution is -2.08. The molecule has 1 aliphatic rings. The third kappa shape index (κ3) is 3.55. The first kappa shape index (κ1) is 15.6. The number of hydrogen-bond acceptors (Lipinski definition) is 4. The average Bonchev–Trinajstić information content (AvgIpc) is 2.51. The second-order valence-corrected chi connectivity index (χ2v) is 6.73. The lowest BCUT2D eigenvalue weighted by molar-refractivity contribution is 0.313. The summed E-state index contributed by atoms with van der Waals surface area (Å²) in [4.78, 5) is -0.0687. The Labute approximate surface area is 134 Å². The smallest absolute Gasteiger partial charge is 0.294 e. The third-order valence-corrected chi connectivity index (χ3v) is 4.50. The van der Waals surface area contributed by atoms with E-state index in [9.17, 15) is 13.0 Å².